The van der Waals surface area contributed by atoms with Crippen LogP contribution in [0, 0.1) is 6.92 Å². The topological polar surface area (TPSA) is 79.3 Å². The van der Waals surface area contributed by atoms with Gasteiger partial charge in [-0.15, -0.1) is 0 Å². The largest absolute Gasteiger partial charge is 0.334 e. The Bertz CT molecular complexity index is 1080. The van der Waals surface area contributed by atoms with Crippen LogP contribution in [0.4, 0.5) is 10.6 Å². The molecule has 1 heterocycles. The SMILES string of the molecule is CCN(CC(=O)Nc1cc(C(C)(C)C)nn1-c1ccc(C)cc1)C(=O)NCc1ccccc1. The van der Waals surface area contributed by atoms with Gasteiger partial charge in [-0.1, -0.05) is 68.8 Å². The van der Waals surface area contributed by atoms with Crippen molar-refractivity contribution >= 4 is 17.8 Å². The number of urea groups is 1. The van der Waals surface area contributed by atoms with Crippen molar-refractivity contribution in [2.75, 3.05) is 18.4 Å². The number of likely N-dealkylation sites (N-methyl/N-ethyl adjacent to an activating group) is 1. The van der Waals surface area contributed by atoms with Crippen LogP contribution in [0.25, 0.3) is 5.69 Å². The van der Waals surface area contributed by atoms with Gasteiger partial charge in [0.05, 0.1) is 11.4 Å². The highest BCUT2D eigenvalue weighted by Gasteiger charge is 2.22. The number of nitrogens with one attached hydrogen (secondary N) is 2. The number of hydrogen-bond donors (Lipinski definition) is 2. The summed E-state index contributed by atoms with van der Waals surface area (Å²) in [6.07, 6.45) is 0. The lowest BCUT2D eigenvalue weighted by molar-refractivity contribution is -0.116. The molecule has 0 aliphatic rings. The molecule has 0 fully saturated rings. The lowest BCUT2D eigenvalue weighted by atomic mass is 9.92. The van der Waals surface area contributed by atoms with E-state index in [0.717, 1.165) is 22.5 Å². The number of aryl methyl sites for hydroxylation is 1. The minimum Gasteiger partial charge on any atom is -0.334 e. The molecule has 3 aromatic rings. The van der Waals surface area contributed by atoms with Crippen molar-refractivity contribution in [2.24, 2.45) is 0 Å². The number of aromatic nitrogens is 2. The van der Waals surface area contributed by atoms with E-state index >= 15 is 0 Å². The fourth-order valence-electron chi connectivity index (χ4n) is 3.29. The van der Waals surface area contributed by atoms with Gasteiger partial charge >= 0.3 is 6.03 Å². The van der Waals surface area contributed by atoms with Gasteiger partial charge in [-0.05, 0) is 31.5 Å². The minimum absolute atomic E-state index is 0.0545. The van der Waals surface area contributed by atoms with Gasteiger partial charge in [0.2, 0.25) is 5.91 Å². The van der Waals surface area contributed by atoms with Crippen molar-refractivity contribution in [3.05, 3.63) is 77.5 Å². The third kappa shape index (κ3) is 6.44. The van der Waals surface area contributed by atoms with Gasteiger partial charge in [-0.2, -0.15) is 5.10 Å². The summed E-state index contributed by atoms with van der Waals surface area (Å²) in [5, 5.41) is 10.6. The molecule has 0 bridgehead atoms. The van der Waals surface area contributed by atoms with Crippen molar-refractivity contribution in [3.63, 3.8) is 0 Å². The summed E-state index contributed by atoms with van der Waals surface area (Å²) in [5.74, 6) is 0.301. The molecule has 0 aliphatic carbocycles. The van der Waals surface area contributed by atoms with Crippen LogP contribution in [0.1, 0.15) is 44.5 Å². The van der Waals surface area contributed by atoms with E-state index in [9.17, 15) is 9.59 Å². The number of rotatable bonds is 7. The number of carbonyl (C=O) groups is 2. The van der Waals surface area contributed by atoms with Crippen LogP contribution >= 0.6 is 0 Å². The van der Waals surface area contributed by atoms with Crippen molar-refractivity contribution in [1.82, 2.24) is 20.0 Å². The number of carbonyl (C=O) groups excluding carboxylic acids is 2. The van der Waals surface area contributed by atoms with Crippen LogP contribution in [-0.2, 0) is 16.8 Å². The van der Waals surface area contributed by atoms with E-state index in [0.29, 0.717) is 18.9 Å². The van der Waals surface area contributed by atoms with E-state index < -0.39 is 0 Å². The van der Waals surface area contributed by atoms with E-state index in [2.05, 4.69) is 31.4 Å². The third-order valence-electron chi connectivity index (χ3n) is 5.31. The standard InChI is InChI=1S/C26H33N5O2/c1-6-30(25(33)27-17-20-10-8-7-9-11-20)18-24(32)28-23-16-22(26(3,4)5)29-31(23)21-14-12-19(2)13-15-21/h7-16H,6,17-18H2,1-5H3,(H,27,33)(H,28,32). The van der Waals surface area contributed by atoms with Crippen LogP contribution < -0.4 is 10.6 Å². The summed E-state index contributed by atoms with van der Waals surface area (Å²) in [5.41, 5.74) is 3.70. The molecule has 0 saturated heterocycles. The van der Waals surface area contributed by atoms with Crippen LogP contribution in [0.15, 0.2) is 60.7 Å². The molecule has 0 atom stereocenters. The molecule has 3 rings (SSSR count). The summed E-state index contributed by atoms with van der Waals surface area (Å²) < 4.78 is 1.74. The molecule has 0 saturated carbocycles. The van der Waals surface area contributed by atoms with Crippen LogP contribution in [0.2, 0.25) is 0 Å². The Kier molecular flexibility index (Phi) is 7.53. The lowest BCUT2D eigenvalue weighted by Gasteiger charge is -2.21. The first-order valence-electron chi connectivity index (χ1n) is 11.2. The monoisotopic (exact) mass is 447 g/mol. The van der Waals surface area contributed by atoms with Gasteiger partial charge in [0.25, 0.3) is 0 Å². The van der Waals surface area contributed by atoms with Crippen LogP contribution in [0.3, 0.4) is 0 Å². The lowest BCUT2D eigenvalue weighted by Crippen LogP contribution is -2.43. The van der Waals surface area contributed by atoms with E-state index in [1.807, 2.05) is 74.5 Å². The van der Waals surface area contributed by atoms with E-state index in [4.69, 9.17) is 5.10 Å². The first kappa shape index (κ1) is 24.0. The second-order valence-corrected chi connectivity index (χ2v) is 9.12. The Morgan fingerprint density at radius 2 is 1.70 bits per heavy atom. The predicted octanol–water partition coefficient (Wildman–Crippen LogP) is 4.65. The summed E-state index contributed by atoms with van der Waals surface area (Å²) in [6, 6.07) is 19.3. The second kappa shape index (κ2) is 10.3. The molecule has 7 nitrogen and oxygen atoms in total. The number of benzene rings is 2. The predicted molar refractivity (Wildman–Crippen MR) is 132 cm³/mol. The van der Waals surface area contributed by atoms with Crippen LogP contribution in [-0.4, -0.2) is 39.7 Å². The second-order valence-electron chi connectivity index (χ2n) is 9.12. The maximum Gasteiger partial charge on any atom is 0.318 e. The van der Waals surface area contributed by atoms with E-state index in [1.54, 1.807) is 4.68 Å². The van der Waals surface area contributed by atoms with Gasteiger partial charge in [-0.25, -0.2) is 9.48 Å². The summed E-state index contributed by atoms with van der Waals surface area (Å²) >= 11 is 0. The van der Waals surface area contributed by atoms with Gasteiger partial charge in [0.1, 0.15) is 12.4 Å². The Labute approximate surface area is 195 Å². The highest BCUT2D eigenvalue weighted by Crippen LogP contribution is 2.26. The van der Waals surface area contributed by atoms with Gasteiger partial charge < -0.3 is 15.5 Å². The maximum atomic E-state index is 12.9. The van der Waals surface area contributed by atoms with Crippen molar-refractivity contribution in [2.45, 2.75) is 46.6 Å². The Morgan fingerprint density at radius 1 is 1.03 bits per heavy atom. The highest BCUT2D eigenvalue weighted by atomic mass is 16.2. The molecule has 2 aromatic carbocycles. The van der Waals surface area contributed by atoms with Crippen molar-refractivity contribution in [3.8, 4) is 5.69 Å². The third-order valence-corrected chi connectivity index (χ3v) is 5.31. The molecule has 7 heteroatoms. The molecule has 33 heavy (non-hydrogen) atoms. The Balaban J connectivity index is 1.72. The zero-order chi connectivity index (χ0) is 24.0. The first-order chi connectivity index (χ1) is 15.7. The molecule has 0 aliphatic heterocycles. The quantitative estimate of drug-likeness (QED) is 0.553. The highest BCUT2D eigenvalue weighted by molar-refractivity contribution is 5.94. The molecule has 3 amide bonds. The van der Waals surface area contributed by atoms with Crippen LogP contribution in [0.5, 0.6) is 0 Å². The molecule has 0 unspecified atom stereocenters. The number of amides is 3. The normalized spacial score (nSPS) is 11.2. The summed E-state index contributed by atoms with van der Waals surface area (Å²) in [6.45, 7) is 10.9. The maximum absolute atomic E-state index is 12.9. The number of anilines is 1. The first-order valence-corrected chi connectivity index (χ1v) is 11.2. The Hall–Kier alpha value is -3.61. The van der Waals surface area contributed by atoms with Gasteiger partial charge in [-0.3, -0.25) is 4.79 Å². The average molecular weight is 448 g/mol. The van der Waals surface area contributed by atoms with E-state index in [1.165, 1.54) is 4.90 Å². The van der Waals surface area contributed by atoms with Gasteiger partial charge in [0, 0.05) is 24.6 Å². The molecule has 2 N–H and O–H groups in total. The summed E-state index contributed by atoms with van der Waals surface area (Å²) in [7, 11) is 0. The molecule has 1 aromatic heterocycles. The molecular formula is C26H33N5O2. The molecule has 0 radical (unpaired) electrons. The molecular weight excluding hydrogens is 414 g/mol. The fraction of sp³-hybridized carbons (Fsp3) is 0.346. The summed E-state index contributed by atoms with van der Waals surface area (Å²) in [4.78, 5) is 27.0. The van der Waals surface area contributed by atoms with Crippen molar-refractivity contribution < 1.29 is 9.59 Å². The van der Waals surface area contributed by atoms with Crippen molar-refractivity contribution in [1.29, 1.82) is 0 Å². The number of nitrogens with zero attached hydrogens (tertiary/aromatic N) is 3. The Morgan fingerprint density at radius 3 is 2.30 bits per heavy atom. The average Bonchev–Trinajstić information content (AvgIpc) is 3.21. The van der Waals surface area contributed by atoms with Gasteiger partial charge in [0.15, 0.2) is 0 Å². The molecule has 0 spiro atoms. The zero-order valence-electron chi connectivity index (χ0n) is 20.1. The minimum atomic E-state index is -0.279. The smallest absolute Gasteiger partial charge is 0.318 e. The zero-order valence-corrected chi connectivity index (χ0v) is 20.1. The molecule has 174 valence electrons. The number of hydrogen-bond acceptors (Lipinski definition) is 3. The fourth-order valence-corrected chi connectivity index (χ4v) is 3.29. The van der Waals surface area contributed by atoms with E-state index in [-0.39, 0.29) is 23.9 Å².